The van der Waals surface area contributed by atoms with Crippen molar-refractivity contribution in [3.63, 3.8) is 0 Å². The van der Waals surface area contributed by atoms with Crippen molar-refractivity contribution < 1.29 is 23.4 Å². The molecule has 1 saturated carbocycles. The number of carbonyl (C=O) groups excluding carboxylic acids is 1. The van der Waals surface area contributed by atoms with E-state index in [1.165, 1.54) is 12.4 Å². The van der Waals surface area contributed by atoms with Crippen molar-refractivity contribution in [2.24, 2.45) is 17.8 Å². The molecule has 190 valence electrons. The first-order valence-corrected chi connectivity index (χ1v) is 12.4. The minimum Gasteiger partial charge on any atom is -0.471 e. The summed E-state index contributed by atoms with van der Waals surface area (Å²) in [5.74, 6) is -1.08. The number of nitriles is 1. The van der Waals surface area contributed by atoms with Gasteiger partial charge in [0.05, 0.1) is 35.6 Å². The lowest BCUT2D eigenvalue weighted by molar-refractivity contribution is -0.113. The Hall–Kier alpha value is -3.16. The molecular weight excluding hydrogens is 489 g/mol. The van der Waals surface area contributed by atoms with Crippen molar-refractivity contribution in [3.8, 4) is 11.9 Å². The Morgan fingerprint density at radius 2 is 2.03 bits per heavy atom. The fourth-order valence-electron chi connectivity index (χ4n) is 4.87. The molecule has 3 aliphatic rings. The van der Waals surface area contributed by atoms with Crippen LogP contribution >= 0.6 is 11.6 Å². The molecule has 9 nitrogen and oxygen atoms in total. The van der Waals surface area contributed by atoms with E-state index in [4.69, 9.17) is 31.1 Å². The predicted molar refractivity (Wildman–Crippen MR) is 129 cm³/mol. The number of aromatic nitrogens is 2. The first kappa shape index (κ1) is 24.5. The summed E-state index contributed by atoms with van der Waals surface area (Å²) in [6, 6.07) is 6.62. The summed E-state index contributed by atoms with van der Waals surface area (Å²) in [4.78, 5) is 22.6. The monoisotopic (exact) mass is 515 g/mol. The summed E-state index contributed by atoms with van der Waals surface area (Å²) in [7, 11) is 0. The molecule has 5 rings (SSSR count). The molecule has 2 saturated heterocycles. The standard InChI is InChI=1S/C25H27ClFN5O4/c1-14(2)25(5-6-25)36-24(33)32-9-16-11-34-12-17(10-32)21(16)35-23-20(27)22(29-13-30-23)31-19-4-3-15(8-28)7-18(19)26/h3-4,7,13-14,16-17,21H,5-6,9-12H2,1-2H3,(H,29,30,31). The number of amides is 1. The topological polar surface area (TPSA) is 110 Å². The van der Waals surface area contributed by atoms with Gasteiger partial charge in [-0.15, -0.1) is 0 Å². The van der Waals surface area contributed by atoms with Gasteiger partial charge in [0.1, 0.15) is 18.0 Å². The number of nitrogens with zero attached hydrogens (tertiary/aromatic N) is 4. The lowest BCUT2D eigenvalue weighted by Gasteiger charge is -2.46. The summed E-state index contributed by atoms with van der Waals surface area (Å²) in [5, 5.41) is 12.1. The van der Waals surface area contributed by atoms with E-state index in [0.29, 0.717) is 37.6 Å². The second-order valence-electron chi connectivity index (χ2n) is 9.91. The van der Waals surface area contributed by atoms with E-state index in [1.54, 1.807) is 17.0 Å². The van der Waals surface area contributed by atoms with Gasteiger partial charge in [-0.1, -0.05) is 25.4 Å². The molecule has 2 unspecified atom stereocenters. The highest BCUT2D eigenvalue weighted by Crippen LogP contribution is 2.46. The fraction of sp³-hybridized carbons (Fsp3) is 0.520. The van der Waals surface area contributed by atoms with Gasteiger partial charge in [0, 0.05) is 24.9 Å². The zero-order valence-corrected chi connectivity index (χ0v) is 20.8. The first-order chi connectivity index (χ1) is 17.3. The maximum atomic E-state index is 15.3. The third kappa shape index (κ3) is 4.77. The van der Waals surface area contributed by atoms with Crippen LogP contribution < -0.4 is 10.1 Å². The van der Waals surface area contributed by atoms with E-state index in [-0.39, 0.29) is 52.3 Å². The second-order valence-corrected chi connectivity index (χ2v) is 10.3. The van der Waals surface area contributed by atoms with Crippen LogP contribution in [0, 0.1) is 34.9 Å². The van der Waals surface area contributed by atoms with E-state index in [0.717, 1.165) is 12.8 Å². The number of piperidine rings is 1. The summed E-state index contributed by atoms with van der Waals surface area (Å²) in [6.45, 7) is 5.70. The average molecular weight is 516 g/mol. The van der Waals surface area contributed by atoms with Gasteiger partial charge in [0.15, 0.2) is 5.82 Å². The molecular formula is C25H27ClFN5O4. The summed E-state index contributed by atoms with van der Waals surface area (Å²) >= 11 is 6.20. The molecule has 1 amide bonds. The molecule has 3 heterocycles. The van der Waals surface area contributed by atoms with Crippen LogP contribution in [0.4, 0.5) is 20.7 Å². The van der Waals surface area contributed by atoms with Crippen LogP contribution in [0.3, 0.4) is 0 Å². The first-order valence-electron chi connectivity index (χ1n) is 12.0. The summed E-state index contributed by atoms with van der Waals surface area (Å²) in [5.41, 5.74) is 0.436. The molecule has 36 heavy (non-hydrogen) atoms. The average Bonchev–Trinajstić information content (AvgIpc) is 3.63. The lowest BCUT2D eigenvalue weighted by Crippen LogP contribution is -2.59. The number of halogens is 2. The largest absolute Gasteiger partial charge is 0.471 e. The molecule has 0 spiro atoms. The highest BCUT2D eigenvalue weighted by atomic mass is 35.5. The molecule has 3 fully saturated rings. The maximum Gasteiger partial charge on any atom is 0.410 e. The van der Waals surface area contributed by atoms with Crippen LogP contribution in [0.1, 0.15) is 32.3 Å². The van der Waals surface area contributed by atoms with Gasteiger partial charge in [-0.3, -0.25) is 0 Å². The Kier molecular flexibility index (Phi) is 6.62. The van der Waals surface area contributed by atoms with E-state index in [2.05, 4.69) is 29.1 Å². The van der Waals surface area contributed by atoms with Gasteiger partial charge in [-0.25, -0.2) is 9.78 Å². The van der Waals surface area contributed by atoms with Gasteiger partial charge in [-0.05, 0) is 37.0 Å². The quantitative estimate of drug-likeness (QED) is 0.597. The van der Waals surface area contributed by atoms with Crippen LogP contribution in [0.25, 0.3) is 0 Å². The van der Waals surface area contributed by atoms with Gasteiger partial charge in [0.25, 0.3) is 5.88 Å². The van der Waals surface area contributed by atoms with E-state index in [1.807, 2.05) is 6.07 Å². The number of ether oxygens (including phenoxy) is 3. The molecule has 1 aromatic heterocycles. The molecule has 2 aromatic rings. The van der Waals surface area contributed by atoms with Crippen molar-refractivity contribution >= 4 is 29.2 Å². The Balaban J connectivity index is 1.28. The Morgan fingerprint density at radius 1 is 1.31 bits per heavy atom. The molecule has 2 bridgehead atoms. The van der Waals surface area contributed by atoms with Gasteiger partial charge >= 0.3 is 6.09 Å². The van der Waals surface area contributed by atoms with Gasteiger partial charge in [-0.2, -0.15) is 14.6 Å². The fourth-order valence-corrected chi connectivity index (χ4v) is 5.09. The number of hydrogen-bond donors (Lipinski definition) is 1. The normalized spacial score (nSPS) is 24.1. The number of fused-ring (bicyclic) bond motifs is 2. The second kappa shape index (κ2) is 9.71. The Bertz CT molecular complexity index is 1190. The highest BCUT2D eigenvalue weighted by Gasteiger charge is 2.51. The van der Waals surface area contributed by atoms with Crippen molar-refractivity contribution in [1.82, 2.24) is 14.9 Å². The van der Waals surface area contributed by atoms with Crippen LogP contribution in [-0.2, 0) is 9.47 Å². The van der Waals surface area contributed by atoms with Crippen LogP contribution in [-0.4, -0.2) is 59.0 Å². The number of nitrogens with one attached hydrogen (secondary N) is 1. The third-order valence-corrected chi connectivity index (χ3v) is 7.52. The number of rotatable bonds is 6. The Labute approximate surface area is 213 Å². The molecule has 1 N–H and O–H groups in total. The minimum atomic E-state index is -0.758. The van der Waals surface area contributed by atoms with E-state index >= 15 is 4.39 Å². The number of benzene rings is 1. The number of hydrogen-bond acceptors (Lipinski definition) is 8. The van der Waals surface area contributed by atoms with E-state index < -0.39 is 5.82 Å². The van der Waals surface area contributed by atoms with Crippen molar-refractivity contribution in [2.75, 3.05) is 31.6 Å². The molecule has 2 aliphatic heterocycles. The van der Waals surface area contributed by atoms with Crippen LogP contribution in [0.2, 0.25) is 5.02 Å². The SMILES string of the molecule is CC(C)C1(OC(=O)N2CC3COCC(C2)C3Oc2ncnc(Nc3ccc(C#N)cc3Cl)c2F)CC1. The summed E-state index contributed by atoms with van der Waals surface area (Å²) < 4.78 is 33.0. The lowest BCUT2D eigenvalue weighted by atomic mass is 9.84. The molecule has 1 aliphatic carbocycles. The number of likely N-dealkylation sites (tertiary alicyclic amines) is 1. The molecule has 11 heteroatoms. The zero-order valence-electron chi connectivity index (χ0n) is 20.0. The highest BCUT2D eigenvalue weighted by molar-refractivity contribution is 6.33. The van der Waals surface area contributed by atoms with E-state index in [9.17, 15) is 4.79 Å². The van der Waals surface area contributed by atoms with Crippen LogP contribution in [0.5, 0.6) is 5.88 Å². The van der Waals surface area contributed by atoms with Crippen molar-refractivity contribution in [2.45, 2.75) is 38.4 Å². The molecule has 1 aromatic carbocycles. The maximum absolute atomic E-state index is 15.3. The third-order valence-electron chi connectivity index (χ3n) is 7.20. The number of carbonyl (C=O) groups is 1. The van der Waals surface area contributed by atoms with Gasteiger partial charge < -0.3 is 24.4 Å². The predicted octanol–water partition coefficient (Wildman–Crippen LogP) is 4.54. The van der Waals surface area contributed by atoms with Crippen LogP contribution in [0.15, 0.2) is 24.5 Å². The van der Waals surface area contributed by atoms with Crippen molar-refractivity contribution in [1.29, 1.82) is 5.26 Å². The molecule has 2 atom stereocenters. The minimum absolute atomic E-state index is 0.0996. The zero-order chi connectivity index (χ0) is 25.4. The summed E-state index contributed by atoms with van der Waals surface area (Å²) in [6.07, 6.45) is 2.30. The number of anilines is 2. The van der Waals surface area contributed by atoms with Crippen molar-refractivity contribution in [3.05, 3.63) is 40.9 Å². The smallest absolute Gasteiger partial charge is 0.410 e. The molecule has 0 radical (unpaired) electrons. The Morgan fingerprint density at radius 3 is 2.64 bits per heavy atom. The van der Waals surface area contributed by atoms with Gasteiger partial charge in [0.2, 0.25) is 5.82 Å².